The number of carbonyl (C=O) groups excluding carboxylic acids is 2. The Labute approximate surface area is 247 Å². The Morgan fingerprint density at radius 2 is 1.55 bits per heavy atom. The molecule has 0 fully saturated rings. The number of sulfonamides is 1. The fourth-order valence-electron chi connectivity index (χ4n) is 4.22. The van der Waals surface area contributed by atoms with E-state index in [1.54, 1.807) is 62.4 Å². The van der Waals surface area contributed by atoms with Crippen LogP contribution in [0.2, 0.25) is 10.0 Å². The van der Waals surface area contributed by atoms with Crippen LogP contribution in [0.1, 0.15) is 43.9 Å². The Balaban J connectivity index is 2.09. The maximum Gasteiger partial charge on any atom is 0.264 e. The van der Waals surface area contributed by atoms with Crippen LogP contribution in [-0.4, -0.2) is 43.8 Å². The second-order valence-corrected chi connectivity index (χ2v) is 12.5. The van der Waals surface area contributed by atoms with Gasteiger partial charge in [0, 0.05) is 28.2 Å². The van der Waals surface area contributed by atoms with Crippen LogP contribution < -0.4 is 9.62 Å². The van der Waals surface area contributed by atoms with Crippen molar-refractivity contribution in [3.05, 3.63) is 93.5 Å². The van der Waals surface area contributed by atoms with E-state index in [2.05, 4.69) is 5.32 Å². The van der Waals surface area contributed by atoms with Crippen molar-refractivity contribution in [2.75, 3.05) is 10.8 Å². The first-order valence-electron chi connectivity index (χ1n) is 13.0. The largest absolute Gasteiger partial charge is 0.352 e. The lowest BCUT2D eigenvalue weighted by Gasteiger charge is -2.33. The lowest BCUT2D eigenvalue weighted by Crippen LogP contribution is -2.52. The molecule has 10 heteroatoms. The maximum atomic E-state index is 14.1. The summed E-state index contributed by atoms with van der Waals surface area (Å²) in [5.74, 6) is -0.947. The van der Waals surface area contributed by atoms with E-state index in [4.69, 9.17) is 23.2 Å². The molecule has 214 valence electrons. The number of nitrogens with zero attached hydrogens (tertiary/aromatic N) is 2. The fourth-order valence-corrected chi connectivity index (χ4v) is 6.24. The van der Waals surface area contributed by atoms with Crippen LogP contribution in [0.3, 0.4) is 0 Å². The zero-order valence-corrected chi connectivity index (χ0v) is 25.6. The Morgan fingerprint density at radius 1 is 0.925 bits per heavy atom. The summed E-state index contributed by atoms with van der Waals surface area (Å²) in [4.78, 5) is 28.6. The number of carbonyl (C=O) groups is 2. The first kappa shape index (κ1) is 31.5. The molecule has 0 spiro atoms. The molecule has 3 aromatic rings. The number of benzene rings is 3. The van der Waals surface area contributed by atoms with Crippen LogP contribution in [0.15, 0.2) is 71.6 Å². The summed E-state index contributed by atoms with van der Waals surface area (Å²) < 4.78 is 28.9. The maximum absolute atomic E-state index is 14.1. The molecular formula is C30H35Cl2N3O4S. The Morgan fingerprint density at radius 3 is 2.12 bits per heavy atom. The highest BCUT2D eigenvalue weighted by Crippen LogP contribution is 2.30. The SMILES string of the molecule is CCC(C)NC(=O)C(C)N(Cc1c(Cl)cccc1Cl)C(=O)CN(c1ccc(C)cc1C)S(=O)(=O)c1ccccc1. The van der Waals surface area contributed by atoms with Gasteiger partial charge in [-0.15, -0.1) is 0 Å². The number of rotatable bonds is 11. The van der Waals surface area contributed by atoms with Gasteiger partial charge in [0.05, 0.1) is 10.6 Å². The molecule has 3 rings (SSSR count). The minimum absolute atomic E-state index is 0.0473. The van der Waals surface area contributed by atoms with E-state index in [-0.39, 0.29) is 23.4 Å². The number of aryl methyl sites for hydroxylation is 2. The van der Waals surface area contributed by atoms with Gasteiger partial charge in [0.1, 0.15) is 12.6 Å². The third-order valence-corrected chi connectivity index (χ3v) is 9.27. The summed E-state index contributed by atoms with van der Waals surface area (Å²) in [6, 6.07) is 17.2. The average Bonchev–Trinajstić information content (AvgIpc) is 2.91. The Hall–Kier alpha value is -3.07. The predicted molar refractivity (Wildman–Crippen MR) is 161 cm³/mol. The summed E-state index contributed by atoms with van der Waals surface area (Å²) in [5.41, 5.74) is 2.48. The molecule has 0 saturated carbocycles. The quantitative estimate of drug-likeness (QED) is 0.285. The molecule has 40 heavy (non-hydrogen) atoms. The average molecular weight is 605 g/mol. The normalized spacial score (nSPS) is 12.9. The molecule has 0 aromatic heterocycles. The van der Waals surface area contributed by atoms with Crippen molar-refractivity contribution in [2.45, 2.75) is 64.6 Å². The van der Waals surface area contributed by atoms with Crippen LogP contribution in [-0.2, 0) is 26.2 Å². The van der Waals surface area contributed by atoms with Gasteiger partial charge < -0.3 is 10.2 Å². The highest BCUT2D eigenvalue weighted by Gasteiger charge is 2.33. The molecule has 2 unspecified atom stereocenters. The zero-order valence-electron chi connectivity index (χ0n) is 23.3. The van der Waals surface area contributed by atoms with Crippen molar-refractivity contribution in [1.29, 1.82) is 0 Å². The van der Waals surface area contributed by atoms with Crippen molar-refractivity contribution in [3.8, 4) is 0 Å². The van der Waals surface area contributed by atoms with Crippen LogP contribution in [0.5, 0.6) is 0 Å². The molecule has 0 aliphatic carbocycles. The second-order valence-electron chi connectivity index (χ2n) is 9.83. The van der Waals surface area contributed by atoms with Crippen LogP contribution >= 0.6 is 23.2 Å². The van der Waals surface area contributed by atoms with E-state index in [0.29, 0.717) is 33.3 Å². The Kier molecular flexibility index (Phi) is 10.6. The van der Waals surface area contributed by atoms with E-state index in [1.165, 1.54) is 17.0 Å². The molecule has 3 aromatic carbocycles. The number of nitrogens with one attached hydrogen (secondary N) is 1. The number of anilines is 1. The van der Waals surface area contributed by atoms with Crippen molar-refractivity contribution >= 4 is 50.7 Å². The lowest BCUT2D eigenvalue weighted by atomic mass is 10.1. The van der Waals surface area contributed by atoms with Crippen LogP contribution in [0.4, 0.5) is 5.69 Å². The van der Waals surface area contributed by atoms with Gasteiger partial charge >= 0.3 is 0 Å². The lowest BCUT2D eigenvalue weighted by molar-refractivity contribution is -0.139. The highest BCUT2D eigenvalue weighted by atomic mass is 35.5. The predicted octanol–water partition coefficient (Wildman–Crippen LogP) is 6.14. The molecule has 0 saturated heterocycles. The standard InChI is InChI=1S/C30H35Cl2N3O4S/c1-6-22(4)33-30(37)23(5)34(18-25-26(31)13-10-14-27(25)32)29(36)19-35(28-16-15-20(2)17-21(28)3)40(38,39)24-11-8-7-9-12-24/h7-17,22-23H,6,18-19H2,1-5H3,(H,33,37). The molecule has 1 N–H and O–H groups in total. The van der Waals surface area contributed by atoms with Crippen molar-refractivity contribution in [2.24, 2.45) is 0 Å². The monoisotopic (exact) mass is 603 g/mol. The van der Waals surface area contributed by atoms with Crippen molar-refractivity contribution < 1.29 is 18.0 Å². The minimum Gasteiger partial charge on any atom is -0.352 e. The van der Waals surface area contributed by atoms with E-state index in [9.17, 15) is 18.0 Å². The first-order chi connectivity index (χ1) is 18.9. The van der Waals surface area contributed by atoms with Crippen LogP contribution in [0.25, 0.3) is 0 Å². The van der Waals surface area contributed by atoms with Gasteiger partial charge in [-0.25, -0.2) is 8.42 Å². The second kappa shape index (κ2) is 13.5. The van der Waals surface area contributed by atoms with Crippen molar-refractivity contribution in [1.82, 2.24) is 10.2 Å². The van der Waals surface area contributed by atoms with Gasteiger partial charge in [0.25, 0.3) is 10.0 Å². The summed E-state index contributed by atoms with van der Waals surface area (Å²) >= 11 is 12.9. The number of hydrogen-bond donors (Lipinski definition) is 1. The first-order valence-corrected chi connectivity index (χ1v) is 15.2. The molecule has 0 heterocycles. The van der Waals surface area contributed by atoms with Gasteiger partial charge in [-0.05, 0) is 70.0 Å². The summed E-state index contributed by atoms with van der Waals surface area (Å²) in [7, 11) is -4.14. The van der Waals surface area contributed by atoms with Crippen molar-refractivity contribution in [3.63, 3.8) is 0 Å². The summed E-state index contributed by atoms with van der Waals surface area (Å²) in [5, 5.41) is 3.58. The van der Waals surface area contributed by atoms with Crippen LogP contribution in [0, 0.1) is 13.8 Å². The molecule has 0 bridgehead atoms. The number of hydrogen-bond acceptors (Lipinski definition) is 4. The van der Waals surface area contributed by atoms with E-state index in [0.717, 1.165) is 9.87 Å². The van der Waals surface area contributed by atoms with Gasteiger partial charge in [-0.1, -0.05) is 72.1 Å². The third-order valence-electron chi connectivity index (χ3n) is 6.79. The summed E-state index contributed by atoms with van der Waals surface area (Å²) in [6.07, 6.45) is 0.707. The van der Waals surface area contributed by atoms with Gasteiger partial charge in [-0.2, -0.15) is 0 Å². The number of amides is 2. The molecule has 0 radical (unpaired) electrons. The smallest absolute Gasteiger partial charge is 0.264 e. The Bertz CT molecular complexity index is 1440. The van der Waals surface area contributed by atoms with Gasteiger partial charge in [-0.3, -0.25) is 13.9 Å². The molecule has 2 amide bonds. The molecule has 7 nitrogen and oxygen atoms in total. The molecule has 2 atom stereocenters. The zero-order chi connectivity index (χ0) is 29.6. The molecule has 0 aliphatic heterocycles. The summed E-state index contributed by atoms with van der Waals surface area (Å²) in [6.45, 7) is 8.50. The van der Waals surface area contributed by atoms with E-state index in [1.807, 2.05) is 26.8 Å². The minimum atomic E-state index is -4.14. The van der Waals surface area contributed by atoms with Gasteiger partial charge in [0.15, 0.2) is 0 Å². The fraction of sp³-hybridized carbons (Fsp3) is 0.333. The van der Waals surface area contributed by atoms with E-state index >= 15 is 0 Å². The van der Waals surface area contributed by atoms with Gasteiger partial charge in [0.2, 0.25) is 11.8 Å². The highest BCUT2D eigenvalue weighted by molar-refractivity contribution is 7.92. The topological polar surface area (TPSA) is 86.8 Å². The molecule has 0 aliphatic rings. The molecular weight excluding hydrogens is 569 g/mol. The van der Waals surface area contributed by atoms with E-state index < -0.39 is 28.5 Å². The third kappa shape index (κ3) is 7.36. The number of halogens is 2.